The van der Waals surface area contributed by atoms with E-state index in [0.29, 0.717) is 22.2 Å². The summed E-state index contributed by atoms with van der Waals surface area (Å²) in [5, 5.41) is 8.61. The number of amides is 1. The third-order valence-corrected chi connectivity index (χ3v) is 5.70. The summed E-state index contributed by atoms with van der Waals surface area (Å²) in [7, 11) is 0. The Morgan fingerprint density at radius 2 is 2.04 bits per heavy atom. The topological polar surface area (TPSA) is 57.6 Å². The van der Waals surface area contributed by atoms with Crippen molar-refractivity contribution in [3.63, 3.8) is 0 Å². The van der Waals surface area contributed by atoms with Crippen molar-refractivity contribution in [3.05, 3.63) is 38.3 Å². The van der Waals surface area contributed by atoms with Gasteiger partial charge in [-0.1, -0.05) is 48.6 Å². The zero-order valence-corrected chi connectivity index (χ0v) is 16.1. The molecule has 122 valence electrons. The third kappa shape index (κ3) is 5.29. The maximum absolute atomic E-state index is 12.5. The summed E-state index contributed by atoms with van der Waals surface area (Å²) in [6.07, 6.45) is 4.22. The average Bonchev–Trinajstić information content (AvgIpc) is 2.76. The van der Waals surface area contributed by atoms with Crippen molar-refractivity contribution in [1.82, 2.24) is 4.90 Å². The van der Waals surface area contributed by atoms with E-state index in [1.807, 2.05) is 30.3 Å². The number of thiocarbonyl (C=S) groups is 1. The molecule has 1 aromatic rings. The monoisotopic (exact) mass is 461 g/mol. The number of carbonyl (C=O) groups is 2. The molecule has 0 saturated carbocycles. The van der Waals surface area contributed by atoms with E-state index < -0.39 is 5.97 Å². The fourth-order valence-corrected chi connectivity index (χ4v) is 3.99. The summed E-state index contributed by atoms with van der Waals surface area (Å²) in [4.78, 5) is 25.2. The Hall–Kier alpha value is -0.930. The van der Waals surface area contributed by atoms with E-state index >= 15 is 0 Å². The lowest BCUT2D eigenvalue weighted by atomic mass is 10.2. The molecule has 23 heavy (non-hydrogen) atoms. The van der Waals surface area contributed by atoms with Crippen LogP contribution in [-0.2, 0) is 9.59 Å². The molecule has 4 nitrogen and oxygen atoms in total. The summed E-state index contributed by atoms with van der Waals surface area (Å²) in [6.45, 7) is 0.549. The van der Waals surface area contributed by atoms with Crippen molar-refractivity contribution < 1.29 is 14.7 Å². The van der Waals surface area contributed by atoms with Gasteiger partial charge < -0.3 is 5.11 Å². The molecule has 1 N–H and O–H groups in total. The van der Waals surface area contributed by atoms with Gasteiger partial charge in [0, 0.05) is 16.5 Å². The second-order valence-electron chi connectivity index (χ2n) is 5.06. The molecule has 0 atom stereocenters. The Labute approximate surface area is 158 Å². The van der Waals surface area contributed by atoms with E-state index in [1.54, 1.807) is 4.90 Å². The van der Waals surface area contributed by atoms with Crippen LogP contribution in [0.4, 0.5) is 0 Å². The number of rotatable bonds is 7. The smallest absolute Gasteiger partial charge is 0.303 e. The van der Waals surface area contributed by atoms with Crippen LogP contribution in [0.5, 0.6) is 0 Å². The summed E-state index contributed by atoms with van der Waals surface area (Å²) >= 11 is 8.86. The van der Waals surface area contributed by atoms with Crippen molar-refractivity contribution in [3.8, 4) is 0 Å². The van der Waals surface area contributed by atoms with Crippen LogP contribution < -0.4 is 0 Å². The highest BCUT2D eigenvalue weighted by molar-refractivity contribution is 14.1. The Balaban J connectivity index is 1.95. The number of aliphatic carboxylic acids is 1. The first-order chi connectivity index (χ1) is 11.0. The summed E-state index contributed by atoms with van der Waals surface area (Å²) in [5.41, 5.74) is 1.01. The molecule has 0 bridgehead atoms. The molecule has 0 spiro atoms. The van der Waals surface area contributed by atoms with E-state index in [0.717, 1.165) is 22.0 Å². The molecule has 1 aromatic carbocycles. The molecule has 7 heteroatoms. The van der Waals surface area contributed by atoms with Gasteiger partial charge in [-0.15, -0.1) is 0 Å². The molecule has 1 aliphatic rings. The molecule has 1 aliphatic heterocycles. The lowest BCUT2D eigenvalue weighted by Crippen LogP contribution is -2.29. The minimum atomic E-state index is -0.781. The molecular formula is C16H16INO3S2. The maximum atomic E-state index is 12.5. The Morgan fingerprint density at radius 1 is 1.30 bits per heavy atom. The number of carboxylic acid groups (broad SMARTS) is 1. The summed E-state index contributed by atoms with van der Waals surface area (Å²) in [6, 6.07) is 7.87. The van der Waals surface area contributed by atoms with E-state index in [1.165, 1.54) is 11.8 Å². The van der Waals surface area contributed by atoms with E-state index in [2.05, 4.69) is 22.6 Å². The second-order valence-corrected chi connectivity index (χ2v) is 7.90. The number of carboxylic acids is 1. The molecule has 1 amide bonds. The lowest BCUT2D eigenvalue weighted by Gasteiger charge is -2.13. The van der Waals surface area contributed by atoms with Gasteiger partial charge in [0.15, 0.2) is 0 Å². The van der Waals surface area contributed by atoms with Crippen LogP contribution in [0, 0.1) is 3.57 Å². The molecule has 1 heterocycles. The fourth-order valence-electron chi connectivity index (χ4n) is 2.15. The number of carbonyl (C=O) groups excluding carboxylic acids is 1. The van der Waals surface area contributed by atoms with Crippen LogP contribution in [0.15, 0.2) is 29.2 Å². The molecule has 0 aliphatic carbocycles. The van der Waals surface area contributed by atoms with Crippen molar-refractivity contribution in [1.29, 1.82) is 0 Å². The normalized spacial score (nSPS) is 16.4. The van der Waals surface area contributed by atoms with Crippen LogP contribution in [-0.4, -0.2) is 32.7 Å². The molecule has 0 radical (unpaired) electrons. The minimum Gasteiger partial charge on any atom is -0.481 e. The highest BCUT2D eigenvalue weighted by atomic mass is 127. The SMILES string of the molecule is O=C(O)CCCCCN1C(=O)C(=Cc2ccccc2I)SC1=S. The van der Waals surface area contributed by atoms with Gasteiger partial charge >= 0.3 is 5.97 Å². The standard InChI is InChI=1S/C16H16INO3S2/c17-12-7-4-3-6-11(12)10-13-15(21)18(16(22)23-13)9-5-1-2-8-14(19)20/h3-4,6-7,10H,1-2,5,8-9H2,(H,19,20). The summed E-state index contributed by atoms with van der Waals surface area (Å²) in [5.74, 6) is -0.839. The number of hydrogen-bond acceptors (Lipinski definition) is 4. The van der Waals surface area contributed by atoms with Crippen LogP contribution in [0.25, 0.3) is 6.08 Å². The highest BCUT2D eigenvalue weighted by Crippen LogP contribution is 2.33. The first kappa shape index (κ1) is 18.4. The van der Waals surface area contributed by atoms with Crippen LogP contribution in [0.2, 0.25) is 0 Å². The van der Waals surface area contributed by atoms with Crippen molar-refractivity contribution in [2.75, 3.05) is 6.54 Å². The zero-order valence-electron chi connectivity index (χ0n) is 12.3. The Morgan fingerprint density at radius 3 is 2.74 bits per heavy atom. The van der Waals surface area contributed by atoms with Crippen LogP contribution in [0.3, 0.4) is 0 Å². The van der Waals surface area contributed by atoms with E-state index in [-0.39, 0.29) is 12.3 Å². The van der Waals surface area contributed by atoms with Crippen molar-refractivity contribution in [2.24, 2.45) is 0 Å². The fraction of sp³-hybridized carbons (Fsp3) is 0.312. The largest absolute Gasteiger partial charge is 0.481 e. The van der Waals surface area contributed by atoms with Gasteiger partial charge in [0.1, 0.15) is 4.32 Å². The predicted octanol–water partition coefficient (Wildman–Crippen LogP) is 4.14. The first-order valence-electron chi connectivity index (χ1n) is 7.20. The molecular weight excluding hydrogens is 445 g/mol. The zero-order chi connectivity index (χ0) is 16.8. The highest BCUT2D eigenvalue weighted by Gasteiger charge is 2.31. The van der Waals surface area contributed by atoms with Gasteiger partial charge in [0.25, 0.3) is 5.91 Å². The number of unbranched alkanes of at least 4 members (excludes halogenated alkanes) is 2. The van der Waals surface area contributed by atoms with Crippen molar-refractivity contribution in [2.45, 2.75) is 25.7 Å². The van der Waals surface area contributed by atoms with E-state index in [4.69, 9.17) is 17.3 Å². The summed E-state index contributed by atoms with van der Waals surface area (Å²) < 4.78 is 1.66. The van der Waals surface area contributed by atoms with Gasteiger partial charge in [-0.3, -0.25) is 14.5 Å². The maximum Gasteiger partial charge on any atom is 0.303 e. The molecule has 0 aromatic heterocycles. The van der Waals surface area contributed by atoms with Gasteiger partial charge in [0.05, 0.1) is 4.91 Å². The predicted molar refractivity (Wildman–Crippen MR) is 105 cm³/mol. The Bertz CT molecular complexity index is 660. The van der Waals surface area contributed by atoms with Crippen LogP contribution >= 0.6 is 46.6 Å². The molecule has 2 rings (SSSR count). The van der Waals surface area contributed by atoms with Gasteiger partial charge in [-0.2, -0.15) is 0 Å². The first-order valence-corrected chi connectivity index (χ1v) is 9.51. The molecule has 1 fully saturated rings. The minimum absolute atomic E-state index is 0.0575. The van der Waals surface area contributed by atoms with Gasteiger partial charge in [-0.25, -0.2) is 0 Å². The van der Waals surface area contributed by atoms with Crippen LogP contribution in [0.1, 0.15) is 31.2 Å². The quantitative estimate of drug-likeness (QED) is 0.286. The third-order valence-electron chi connectivity index (χ3n) is 3.34. The average molecular weight is 461 g/mol. The molecule has 1 saturated heterocycles. The number of nitrogens with zero attached hydrogens (tertiary/aromatic N) is 1. The van der Waals surface area contributed by atoms with Crippen molar-refractivity contribution >= 4 is 68.8 Å². The van der Waals surface area contributed by atoms with E-state index in [9.17, 15) is 9.59 Å². The van der Waals surface area contributed by atoms with Gasteiger partial charge in [0.2, 0.25) is 0 Å². The number of hydrogen-bond donors (Lipinski definition) is 1. The number of halogens is 1. The second kappa shape index (κ2) is 8.79. The number of thioether (sulfide) groups is 1. The Kier molecular flexibility index (Phi) is 7.04. The number of benzene rings is 1. The van der Waals surface area contributed by atoms with Gasteiger partial charge in [-0.05, 0) is 53.1 Å². The molecule has 0 unspecified atom stereocenters. The lowest BCUT2D eigenvalue weighted by molar-refractivity contribution is -0.137.